The van der Waals surface area contributed by atoms with Crippen LogP contribution in [0.1, 0.15) is 49.9 Å². The summed E-state index contributed by atoms with van der Waals surface area (Å²) in [6, 6.07) is 157. The average Bonchev–Trinajstić information content (AvgIpc) is 1.11. The van der Waals surface area contributed by atoms with E-state index in [1.54, 1.807) is 0 Å². The predicted molar refractivity (Wildman–Crippen MR) is 544 cm³/mol. The molecule has 2 aromatic heterocycles. The number of hydrogen-bond acceptors (Lipinski definition) is 2. The van der Waals surface area contributed by atoms with Crippen LogP contribution in [-0.4, -0.2) is 0 Å². The highest BCUT2D eigenvalue weighted by Gasteiger charge is 2.39. The van der Waals surface area contributed by atoms with Crippen molar-refractivity contribution in [1.82, 2.24) is 0 Å². The van der Waals surface area contributed by atoms with E-state index in [4.69, 9.17) is 8.83 Å². The molecule has 2 nitrogen and oxygen atoms in total. The van der Waals surface area contributed by atoms with Crippen LogP contribution >= 0.6 is 0 Å². The Hall–Kier alpha value is -16.0. The first-order valence-corrected chi connectivity index (χ1v) is 44.7. The molecule has 2 aliphatic carbocycles. The normalized spacial score (nSPS) is 13.1. The Kier molecular flexibility index (Phi) is 16.2. The monoisotopic (exact) mass is 1630 g/mol. The minimum absolute atomic E-state index is 0.0684. The average molecular weight is 1630 g/mol. The van der Waals surface area contributed by atoms with Crippen LogP contribution < -0.4 is 0 Å². The maximum Gasteiger partial charge on any atom is 0.135 e. The van der Waals surface area contributed by atoms with E-state index in [0.717, 1.165) is 43.9 Å². The van der Waals surface area contributed by atoms with Crippen LogP contribution in [-0.2, 0) is 10.8 Å². The standard InChI is InChI=1S/C65H42O.C61H40O/c1-65(2)58-30-27-40(36-57(58)64-47-19-6-3-14-39(47)26-31-59(64)65)41-28-32-60-55(35-41)56-38-45(29-33-61(56)66-60)63-52-24-11-9-22-50(52)62(51-23-10-12-25-53(51)63)44-17-13-16-42(34-44)54-37-43-15-4-5-18-46(43)48-20-7-8-21-49(48)54;1-61(2)54-30-27-39(35-53(54)60-43-18-6-4-15-38(43)26-31-55(60)61)40-28-32-56-51(34-40)52-36-41(29-33-57(52)62-56)58-47-21-9-11-23-49(47)59(50-24-12-10-22-48(50)58)46-20-8-7-19-45(46)44-25-13-16-37-14-3-5-17-42(37)44/h3-38H,1-2H3;3-36H,1-2H3. The summed E-state index contributed by atoms with van der Waals surface area (Å²) >= 11 is 0. The van der Waals surface area contributed by atoms with Gasteiger partial charge >= 0.3 is 0 Å². The van der Waals surface area contributed by atoms with Gasteiger partial charge in [0, 0.05) is 32.4 Å². The highest BCUT2D eigenvalue weighted by atomic mass is 16.3. The first-order chi connectivity index (χ1) is 63.0. The van der Waals surface area contributed by atoms with Crippen LogP contribution in [0, 0.1) is 0 Å². The van der Waals surface area contributed by atoms with Crippen LogP contribution in [0.15, 0.2) is 433 Å². The molecule has 2 heterocycles. The van der Waals surface area contributed by atoms with Gasteiger partial charge in [-0.3, -0.25) is 0 Å². The van der Waals surface area contributed by atoms with E-state index in [0.29, 0.717) is 0 Å². The summed E-state index contributed by atoms with van der Waals surface area (Å²) in [5, 5.41) is 27.2. The van der Waals surface area contributed by atoms with Crippen molar-refractivity contribution in [3.8, 4) is 111 Å². The van der Waals surface area contributed by atoms with Crippen LogP contribution in [0.3, 0.4) is 0 Å². The van der Waals surface area contributed by atoms with Gasteiger partial charge in [0.15, 0.2) is 0 Å². The Morgan fingerprint density at radius 1 is 0.141 bits per heavy atom. The second kappa shape index (κ2) is 28.3. The van der Waals surface area contributed by atoms with Crippen molar-refractivity contribution in [2.24, 2.45) is 0 Å². The Morgan fingerprint density at radius 3 is 0.914 bits per heavy atom. The fraction of sp³-hybridized carbons (Fsp3) is 0.0476. The van der Waals surface area contributed by atoms with Crippen molar-refractivity contribution in [2.75, 3.05) is 0 Å². The minimum Gasteiger partial charge on any atom is -0.456 e. The first-order valence-electron chi connectivity index (χ1n) is 44.7. The van der Waals surface area contributed by atoms with Crippen molar-refractivity contribution in [2.45, 2.75) is 38.5 Å². The molecule has 0 N–H and O–H groups in total. The third kappa shape index (κ3) is 11.2. The van der Waals surface area contributed by atoms with Crippen LogP contribution in [0.2, 0.25) is 0 Å². The second-order valence-electron chi connectivity index (χ2n) is 36.3. The zero-order valence-electron chi connectivity index (χ0n) is 71.2. The highest BCUT2D eigenvalue weighted by molar-refractivity contribution is 6.26. The van der Waals surface area contributed by atoms with E-state index in [2.05, 4.69) is 452 Å². The molecule has 0 unspecified atom stereocenters. The van der Waals surface area contributed by atoms with E-state index < -0.39 is 0 Å². The molecule has 128 heavy (non-hydrogen) atoms. The number of hydrogen-bond donors (Lipinski definition) is 0. The molecule has 2 aliphatic rings. The van der Waals surface area contributed by atoms with Crippen LogP contribution in [0.25, 0.3) is 252 Å². The predicted octanol–water partition coefficient (Wildman–Crippen LogP) is 35.5. The van der Waals surface area contributed by atoms with Crippen molar-refractivity contribution in [3.63, 3.8) is 0 Å². The van der Waals surface area contributed by atoms with Crippen molar-refractivity contribution < 1.29 is 8.83 Å². The first kappa shape index (κ1) is 73.5. The van der Waals surface area contributed by atoms with Gasteiger partial charge in [0.05, 0.1) is 0 Å². The summed E-state index contributed by atoms with van der Waals surface area (Å²) in [6.07, 6.45) is 0. The molecule has 0 saturated heterocycles. The molecule has 0 amide bonds. The smallest absolute Gasteiger partial charge is 0.135 e. The quantitative estimate of drug-likeness (QED) is 0.112. The van der Waals surface area contributed by atoms with Gasteiger partial charge in [-0.05, 0) is 303 Å². The minimum atomic E-state index is -0.0713. The molecule has 0 aliphatic heterocycles. The molecular weight excluding hydrogens is 1550 g/mol. The Labute approximate surface area is 741 Å². The van der Waals surface area contributed by atoms with E-state index in [-0.39, 0.29) is 10.8 Å². The van der Waals surface area contributed by atoms with Crippen LogP contribution in [0.5, 0.6) is 0 Å². The molecule has 0 spiro atoms. The van der Waals surface area contributed by atoms with E-state index >= 15 is 0 Å². The Balaban J connectivity index is 0.000000136. The maximum atomic E-state index is 6.58. The lowest BCUT2D eigenvalue weighted by Crippen LogP contribution is -2.14. The summed E-state index contributed by atoms with van der Waals surface area (Å²) in [4.78, 5) is 0. The van der Waals surface area contributed by atoms with Gasteiger partial charge in [-0.1, -0.05) is 380 Å². The molecule has 0 bridgehead atoms. The largest absolute Gasteiger partial charge is 0.456 e. The van der Waals surface area contributed by atoms with Gasteiger partial charge in [0.25, 0.3) is 0 Å². The molecule has 0 fully saturated rings. The maximum absolute atomic E-state index is 6.58. The topological polar surface area (TPSA) is 26.3 Å². The molecule has 0 radical (unpaired) electrons. The summed E-state index contributed by atoms with van der Waals surface area (Å²) < 4.78 is 13.1. The SMILES string of the molecule is CC1(C)c2ccc(-c3ccc4oc5ccc(-c6c7ccccc7c(-c7cccc(-c8cc9ccccc9c9ccccc89)c7)c7ccccc67)cc5c4c3)cc2-c2c1ccc1ccccc21.CC1(C)c2ccc(-c3ccc4oc5ccc(-c6c7ccccc7c(-c7ccccc7-c7cccc8ccccc78)c7ccccc67)cc5c4c3)cc2-c2c1ccc1ccccc21. The number of fused-ring (bicyclic) bond motifs is 24. The lowest BCUT2D eigenvalue weighted by atomic mass is 9.82. The molecule has 25 aromatic rings. The van der Waals surface area contributed by atoms with Gasteiger partial charge in [-0.2, -0.15) is 0 Å². The third-order valence-electron chi connectivity index (χ3n) is 28.7. The summed E-state index contributed by atoms with van der Waals surface area (Å²) in [5.41, 5.74) is 33.9. The molecule has 23 aromatic carbocycles. The third-order valence-corrected chi connectivity index (χ3v) is 28.7. The number of rotatable bonds is 8. The number of benzene rings is 23. The van der Waals surface area contributed by atoms with Gasteiger partial charge in [-0.15, -0.1) is 0 Å². The zero-order chi connectivity index (χ0) is 84.8. The van der Waals surface area contributed by atoms with E-state index in [9.17, 15) is 0 Å². The summed E-state index contributed by atoms with van der Waals surface area (Å²) in [5.74, 6) is 0. The van der Waals surface area contributed by atoms with Gasteiger partial charge in [-0.25, -0.2) is 0 Å². The Bertz CT molecular complexity index is 8970. The number of furan rings is 2. The van der Waals surface area contributed by atoms with Crippen molar-refractivity contribution in [3.05, 3.63) is 447 Å². The van der Waals surface area contributed by atoms with Gasteiger partial charge in [0.2, 0.25) is 0 Å². The van der Waals surface area contributed by atoms with Crippen molar-refractivity contribution in [1.29, 1.82) is 0 Å². The molecule has 2 heteroatoms. The van der Waals surface area contributed by atoms with Crippen molar-refractivity contribution >= 4 is 141 Å². The second-order valence-corrected chi connectivity index (χ2v) is 36.3. The zero-order valence-corrected chi connectivity index (χ0v) is 71.2. The van der Waals surface area contributed by atoms with Gasteiger partial charge in [0.1, 0.15) is 22.3 Å². The fourth-order valence-corrected chi connectivity index (χ4v) is 22.6. The summed E-state index contributed by atoms with van der Waals surface area (Å²) in [7, 11) is 0. The van der Waals surface area contributed by atoms with Gasteiger partial charge < -0.3 is 8.83 Å². The molecule has 598 valence electrons. The molecule has 0 saturated carbocycles. The summed E-state index contributed by atoms with van der Waals surface area (Å²) in [6.45, 7) is 9.44. The fourth-order valence-electron chi connectivity index (χ4n) is 22.6. The Morgan fingerprint density at radius 2 is 0.445 bits per heavy atom. The molecule has 27 rings (SSSR count). The highest BCUT2D eigenvalue weighted by Crippen LogP contribution is 2.57. The lowest BCUT2D eigenvalue weighted by molar-refractivity contribution is 0.661. The van der Waals surface area contributed by atoms with E-state index in [1.807, 2.05) is 0 Å². The van der Waals surface area contributed by atoms with Crippen LogP contribution in [0.4, 0.5) is 0 Å². The molecular formula is C126H82O2. The lowest BCUT2D eigenvalue weighted by Gasteiger charge is -2.21. The molecule has 0 atom stereocenters. The van der Waals surface area contributed by atoms with E-state index in [1.165, 1.54) is 230 Å².